The summed E-state index contributed by atoms with van der Waals surface area (Å²) in [6.07, 6.45) is 1.48. The highest BCUT2D eigenvalue weighted by Gasteiger charge is 1.96. The molecule has 0 aromatic heterocycles. The molecule has 2 heteroatoms. The molecule has 0 aliphatic carbocycles. The molecule has 13 heavy (non-hydrogen) atoms. The molecule has 0 saturated heterocycles. The lowest BCUT2D eigenvalue weighted by Gasteiger charge is -2.01. The molecule has 0 radical (unpaired) electrons. The average Bonchev–Trinajstić information content (AvgIpc) is 2.16. The molecule has 0 fully saturated rings. The third kappa shape index (κ3) is 3.72. The van der Waals surface area contributed by atoms with Gasteiger partial charge in [0.2, 0.25) is 0 Å². The van der Waals surface area contributed by atoms with Crippen molar-refractivity contribution in [3.05, 3.63) is 42.1 Å². The normalized spacial score (nSPS) is 10.1. The van der Waals surface area contributed by atoms with Crippen molar-refractivity contribution in [2.45, 2.75) is 12.8 Å². The van der Waals surface area contributed by atoms with E-state index in [1.54, 1.807) is 0 Å². The molecule has 0 bridgehead atoms. The van der Waals surface area contributed by atoms with E-state index in [4.69, 9.17) is 5.26 Å². The maximum Gasteiger partial charge on any atom is 0.0817 e. The Labute approximate surface area is 81.5 Å². The molecule has 0 aliphatic heterocycles. The molecule has 0 amide bonds. The average molecular weight is 187 g/mol. The quantitative estimate of drug-likeness (QED) is 0.652. The van der Waals surface area contributed by atoms with E-state index in [1.165, 1.54) is 10.4 Å². The number of allylic oxidation sites excluding steroid dienone is 1. The second-order valence-corrected chi connectivity index (χ2v) is 5.24. The van der Waals surface area contributed by atoms with Gasteiger partial charge in [-0.05, 0) is 6.42 Å². The van der Waals surface area contributed by atoms with Gasteiger partial charge in [0.1, 0.15) is 0 Å². The van der Waals surface area contributed by atoms with Gasteiger partial charge in [0.25, 0.3) is 0 Å². The van der Waals surface area contributed by atoms with Crippen LogP contribution >= 0.6 is 0 Å². The Morgan fingerprint density at radius 2 is 2.08 bits per heavy atom. The summed E-state index contributed by atoms with van der Waals surface area (Å²) in [4.78, 5) is 0. The SMILES string of the molecule is C=C(CCC#N)[SiH2]c1ccccc1. The van der Waals surface area contributed by atoms with Crippen LogP contribution in [0.5, 0.6) is 0 Å². The van der Waals surface area contributed by atoms with E-state index in [1.807, 2.05) is 6.07 Å². The van der Waals surface area contributed by atoms with Crippen LogP contribution in [0.15, 0.2) is 42.1 Å². The smallest absolute Gasteiger partial charge is 0.0817 e. The van der Waals surface area contributed by atoms with Crippen molar-refractivity contribution in [1.29, 1.82) is 5.26 Å². The van der Waals surface area contributed by atoms with Gasteiger partial charge in [-0.1, -0.05) is 40.7 Å². The molecule has 66 valence electrons. The van der Waals surface area contributed by atoms with Crippen LogP contribution in [0.3, 0.4) is 0 Å². The van der Waals surface area contributed by atoms with Crippen LogP contribution in [0.25, 0.3) is 0 Å². The van der Waals surface area contributed by atoms with E-state index in [0.717, 1.165) is 6.42 Å². The van der Waals surface area contributed by atoms with Crippen LogP contribution in [0, 0.1) is 11.3 Å². The van der Waals surface area contributed by atoms with E-state index in [2.05, 4.69) is 36.9 Å². The van der Waals surface area contributed by atoms with Crippen LogP contribution in [0.2, 0.25) is 0 Å². The third-order valence-corrected chi connectivity index (χ3v) is 3.62. The molecule has 0 aliphatic rings. The number of rotatable bonds is 4. The predicted molar refractivity (Wildman–Crippen MR) is 58.6 cm³/mol. The second-order valence-electron chi connectivity index (χ2n) is 3.07. The van der Waals surface area contributed by atoms with Gasteiger partial charge >= 0.3 is 0 Å². The summed E-state index contributed by atoms with van der Waals surface area (Å²) in [5.74, 6) is 0. The molecular formula is C11H13NSi. The first kappa shape index (κ1) is 9.75. The summed E-state index contributed by atoms with van der Waals surface area (Å²) in [6.45, 7) is 4.00. The lowest BCUT2D eigenvalue weighted by atomic mass is 10.3. The van der Waals surface area contributed by atoms with Gasteiger partial charge in [-0.3, -0.25) is 0 Å². The van der Waals surface area contributed by atoms with Gasteiger partial charge in [-0.2, -0.15) is 5.26 Å². The zero-order chi connectivity index (χ0) is 9.52. The van der Waals surface area contributed by atoms with E-state index < -0.39 is 0 Å². The highest BCUT2D eigenvalue weighted by atomic mass is 28.2. The maximum absolute atomic E-state index is 8.41. The Hall–Kier alpha value is -1.33. The Balaban J connectivity index is 2.42. The molecule has 0 atom stereocenters. The largest absolute Gasteiger partial charge is 0.198 e. The van der Waals surface area contributed by atoms with Gasteiger partial charge in [-0.15, -0.1) is 6.58 Å². The third-order valence-electron chi connectivity index (χ3n) is 1.89. The number of benzene rings is 1. The summed E-state index contributed by atoms with van der Waals surface area (Å²) in [5.41, 5.74) is 0. The van der Waals surface area contributed by atoms with Gasteiger partial charge in [0.15, 0.2) is 0 Å². The molecule has 0 saturated carbocycles. The molecule has 1 aromatic carbocycles. The van der Waals surface area contributed by atoms with Crippen molar-refractivity contribution in [3.63, 3.8) is 0 Å². The lowest BCUT2D eigenvalue weighted by molar-refractivity contribution is 1.04. The highest BCUT2D eigenvalue weighted by Crippen LogP contribution is 1.99. The van der Waals surface area contributed by atoms with E-state index >= 15 is 0 Å². The topological polar surface area (TPSA) is 23.8 Å². The first-order chi connectivity index (χ1) is 6.33. The molecule has 1 rings (SSSR count). The standard InChI is InChI=1S/C11H13NSi/c1-10(6-5-9-12)13-11-7-3-2-4-8-11/h2-4,7-8H,1,5-6,13H2. The fourth-order valence-corrected chi connectivity index (χ4v) is 2.64. The molecule has 0 unspecified atom stereocenters. The predicted octanol–water partition coefficient (Wildman–Crippen LogP) is 1.30. The fraction of sp³-hybridized carbons (Fsp3) is 0.182. The maximum atomic E-state index is 8.41. The monoisotopic (exact) mass is 187 g/mol. The van der Waals surface area contributed by atoms with Gasteiger partial charge in [0.05, 0.1) is 15.6 Å². The minimum Gasteiger partial charge on any atom is -0.198 e. The molecule has 0 N–H and O–H groups in total. The zero-order valence-electron chi connectivity index (χ0n) is 7.66. The Kier molecular flexibility index (Phi) is 4.00. The lowest BCUT2D eigenvalue weighted by Crippen LogP contribution is -2.15. The van der Waals surface area contributed by atoms with E-state index in [-0.39, 0.29) is 9.52 Å². The summed E-state index contributed by atoms with van der Waals surface area (Å²) in [5, 5.41) is 11.1. The van der Waals surface area contributed by atoms with Crippen LogP contribution < -0.4 is 5.19 Å². The summed E-state index contributed by atoms with van der Waals surface area (Å²) < 4.78 is 0. The van der Waals surface area contributed by atoms with Gasteiger partial charge in [-0.25, -0.2) is 0 Å². The molecular weight excluding hydrogens is 174 g/mol. The fourth-order valence-electron chi connectivity index (χ4n) is 1.21. The Bertz CT molecular complexity index is 311. The highest BCUT2D eigenvalue weighted by molar-refractivity contribution is 6.60. The Morgan fingerprint density at radius 1 is 1.38 bits per heavy atom. The number of nitriles is 1. The van der Waals surface area contributed by atoms with Crippen molar-refractivity contribution in [2.24, 2.45) is 0 Å². The summed E-state index contributed by atoms with van der Waals surface area (Å²) >= 11 is 0. The van der Waals surface area contributed by atoms with Crippen molar-refractivity contribution in [2.75, 3.05) is 0 Å². The Morgan fingerprint density at radius 3 is 2.69 bits per heavy atom. The number of hydrogen-bond donors (Lipinski definition) is 0. The minimum atomic E-state index is -0.353. The second kappa shape index (κ2) is 5.34. The van der Waals surface area contributed by atoms with Crippen LogP contribution in [-0.4, -0.2) is 9.52 Å². The molecule has 1 aromatic rings. The van der Waals surface area contributed by atoms with Crippen LogP contribution in [0.4, 0.5) is 0 Å². The molecule has 0 heterocycles. The van der Waals surface area contributed by atoms with Gasteiger partial charge in [0, 0.05) is 6.42 Å². The van der Waals surface area contributed by atoms with Crippen LogP contribution in [0.1, 0.15) is 12.8 Å². The first-order valence-corrected chi connectivity index (χ1v) is 5.82. The number of nitrogens with zero attached hydrogens (tertiary/aromatic N) is 1. The van der Waals surface area contributed by atoms with Crippen molar-refractivity contribution in [1.82, 2.24) is 0 Å². The van der Waals surface area contributed by atoms with Gasteiger partial charge < -0.3 is 0 Å². The summed E-state index contributed by atoms with van der Waals surface area (Å²) in [7, 11) is -0.353. The molecule has 0 spiro atoms. The van der Waals surface area contributed by atoms with Crippen molar-refractivity contribution >= 4 is 14.7 Å². The number of hydrogen-bond acceptors (Lipinski definition) is 1. The first-order valence-electron chi connectivity index (χ1n) is 4.40. The van der Waals surface area contributed by atoms with E-state index in [0.29, 0.717) is 6.42 Å². The van der Waals surface area contributed by atoms with E-state index in [9.17, 15) is 0 Å². The minimum absolute atomic E-state index is 0.353. The summed E-state index contributed by atoms with van der Waals surface area (Å²) in [6, 6.07) is 12.6. The van der Waals surface area contributed by atoms with Crippen LogP contribution in [-0.2, 0) is 0 Å². The zero-order valence-corrected chi connectivity index (χ0v) is 9.08. The van der Waals surface area contributed by atoms with Crippen molar-refractivity contribution in [3.8, 4) is 6.07 Å². The molecule has 1 nitrogen and oxygen atoms in total. The van der Waals surface area contributed by atoms with Crippen molar-refractivity contribution < 1.29 is 0 Å².